The number of rotatable bonds is 11. The van der Waals surface area contributed by atoms with Gasteiger partial charge in [-0.3, -0.25) is 4.79 Å². The van der Waals surface area contributed by atoms with Gasteiger partial charge in [-0.15, -0.1) is 0 Å². The molecule has 1 aromatic rings. The molecule has 0 unspecified atom stereocenters. The first-order valence-electron chi connectivity index (χ1n) is 9.02. The minimum atomic E-state index is -0.748. The van der Waals surface area contributed by atoms with E-state index in [4.69, 9.17) is 9.47 Å². The number of methoxy groups -OCH3 is 1. The summed E-state index contributed by atoms with van der Waals surface area (Å²) in [6.45, 7) is 4.08. The predicted molar refractivity (Wildman–Crippen MR) is 98.1 cm³/mol. The fourth-order valence-corrected chi connectivity index (χ4v) is 2.79. The molecule has 1 N–H and O–H groups in total. The van der Waals surface area contributed by atoms with Crippen molar-refractivity contribution in [2.24, 2.45) is 5.92 Å². The van der Waals surface area contributed by atoms with E-state index in [-0.39, 0.29) is 17.9 Å². The Morgan fingerprint density at radius 3 is 2.40 bits per heavy atom. The highest BCUT2D eigenvalue weighted by molar-refractivity contribution is 5.77. The van der Waals surface area contributed by atoms with Crippen LogP contribution in [0.2, 0.25) is 0 Å². The van der Waals surface area contributed by atoms with E-state index in [1.165, 1.54) is 7.11 Å². The first-order valence-corrected chi connectivity index (χ1v) is 9.02. The zero-order chi connectivity index (χ0) is 18.7. The lowest BCUT2D eigenvalue weighted by atomic mass is 9.95. The van der Waals surface area contributed by atoms with Gasteiger partial charge < -0.3 is 14.8 Å². The SMILES string of the molecule is CCCCC[C@@H](OC(=O)[C@H](OC)c1ccccc1)[C@@H](C)CC(=O)NC. The zero-order valence-electron chi connectivity index (χ0n) is 15.8. The van der Waals surface area contributed by atoms with E-state index in [9.17, 15) is 9.59 Å². The molecule has 0 aliphatic carbocycles. The Kier molecular flexibility index (Phi) is 9.85. The molecule has 0 heterocycles. The molecule has 140 valence electrons. The van der Waals surface area contributed by atoms with Crippen LogP contribution >= 0.6 is 0 Å². The summed E-state index contributed by atoms with van der Waals surface area (Å²) in [4.78, 5) is 24.3. The predicted octanol–water partition coefficient (Wildman–Crippen LogP) is 3.64. The first-order chi connectivity index (χ1) is 12.0. The lowest BCUT2D eigenvalue weighted by molar-refractivity contribution is -0.165. The van der Waals surface area contributed by atoms with Crippen molar-refractivity contribution < 1.29 is 19.1 Å². The van der Waals surface area contributed by atoms with Gasteiger partial charge >= 0.3 is 5.97 Å². The molecule has 0 radical (unpaired) electrons. The second-order valence-electron chi connectivity index (χ2n) is 6.35. The van der Waals surface area contributed by atoms with E-state index in [1.54, 1.807) is 7.05 Å². The van der Waals surface area contributed by atoms with Gasteiger partial charge in [0.1, 0.15) is 6.10 Å². The van der Waals surface area contributed by atoms with Gasteiger partial charge in [-0.05, 0) is 18.4 Å². The number of carbonyl (C=O) groups is 2. The van der Waals surface area contributed by atoms with Crippen molar-refractivity contribution in [1.29, 1.82) is 0 Å². The highest BCUT2D eigenvalue weighted by Crippen LogP contribution is 2.24. The van der Waals surface area contributed by atoms with Crippen LogP contribution in [-0.4, -0.2) is 32.1 Å². The summed E-state index contributed by atoms with van der Waals surface area (Å²) in [5.74, 6) is -0.497. The van der Waals surface area contributed by atoms with E-state index < -0.39 is 12.1 Å². The third-order valence-corrected chi connectivity index (χ3v) is 4.33. The molecule has 0 aromatic heterocycles. The molecule has 0 spiro atoms. The molecule has 5 nitrogen and oxygen atoms in total. The van der Waals surface area contributed by atoms with Gasteiger partial charge in [0.15, 0.2) is 6.10 Å². The lowest BCUT2D eigenvalue weighted by Crippen LogP contribution is -2.32. The van der Waals surface area contributed by atoms with E-state index >= 15 is 0 Å². The largest absolute Gasteiger partial charge is 0.460 e. The quantitative estimate of drug-likeness (QED) is 0.489. The number of nitrogens with one attached hydrogen (secondary N) is 1. The van der Waals surface area contributed by atoms with Crippen LogP contribution in [0.15, 0.2) is 30.3 Å². The van der Waals surface area contributed by atoms with Crippen molar-refractivity contribution in [3.05, 3.63) is 35.9 Å². The molecule has 0 aliphatic heterocycles. The second kappa shape index (κ2) is 11.6. The average molecular weight is 349 g/mol. The Morgan fingerprint density at radius 2 is 1.84 bits per heavy atom. The lowest BCUT2D eigenvalue weighted by Gasteiger charge is -2.26. The summed E-state index contributed by atoms with van der Waals surface area (Å²) in [5, 5.41) is 2.63. The summed E-state index contributed by atoms with van der Waals surface area (Å²) in [5.41, 5.74) is 0.765. The fourth-order valence-electron chi connectivity index (χ4n) is 2.79. The van der Waals surface area contributed by atoms with Gasteiger partial charge in [0.25, 0.3) is 0 Å². The minimum absolute atomic E-state index is 0.0459. The molecule has 0 bridgehead atoms. The van der Waals surface area contributed by atoms with Crippen LogP contribution in [-0.2, 0) is 19.1 Å². The van der Waals surface area contributed by atoms with E-state index in [0.717, 1.165) is 31.2 Å². The van der Waals surface area contributed by atoms with Crippen molar-refractivity contribution in [2.45, 2.75) is 58.2 Å². The molecular weight excluding hydrogens is 318 g/mol. The van der Waals surface area contributed by atoms with Gasteiger partial charge in [-0.1, -0.05) is 57.0 Å². The Morgan fingerprint density at radius 1 is 1.16 bits per heavy atom. The number of hydrogen-bond acceptors (Lipinski definition) is 4. The van der Waals surface area contributed by atoms with E-state index in [2.05, 4.69) is 12.2 Å². The van der Waals surface area contributed by atoms with Crippen molar-refractivity contribution in [2.75, 3.05) is 14.2 Å². The summed E-state index contributed by atoms with van der Waals surface area (Å²) >= 11 is 0. The standard InChI is InChI=1S/C20H31NO4/c1-5-6-8-13-17(15(2)14-18(22)21-3)25-20(23)19(24-4)16-11-9-7-10-12-16/h7,9-12,15,17,19H,5-6,8,13-14H2,1-4H3,(H,21,22)/t15-,17+,19+/m0/s1. The molecule has 5 heteroatoms. The fraction of sp³-hybridized carbons (Fsp3) is 0.600. The topological polar surface area (TPSA) is 64.6 Å². The molecule has 0 aliphatic rings. The third-order valence-electron chi connectivity index (χ3n) is 4.33. The molecule has 0 fully saturated rings. The molecule has 25 heavy (non-hydrogen) atoms. The van der Waals surface area contributed by atoms with Crippen molar-refractivity contribution >= 4 is 11.9 Å². The van der Waals surface area contributed by atoms with Gasteiger partial charge in [-0.2, -0.15) is 0 Å². The molecule has 1 aromatic carbocycles. The molecule has 0 saturated heterocycles. The highest BCUT2D eigenvalue weighted by atomic mass is 16.6. The Balaban J connectivity index is 2.79. The van der Waals surface area contributed by atoms with Crippen LogP contribution in [0.1, 0.15) is 57.6 Å². The van der Waals surface area contributed by atoms with Gasteiger partial charge in [0, 0.05) is 26.5 Å². The maximum atomic E-state index is 12.6. The number of unbranched alkanes of at least 4 members (excludes halogenated alkanes) is 2. The molecular formula is C20H31NO4. The van der Waals surface area contributed by atoms with Gasteiger partial charge in [0.05, 0.1) is 0 Å². The maximum absolute atomic E-state index is 12.6. The minimum Gasteiger partial charge on any atom is -0.460 e. The van der Waals surface area contributed by atoms with Crippen LogP contribution in [0.3, 0.4) is 0 Å². The zero-order valence-corrected chi connectivity index (χ0v) is 15.8. The Labute approximate surface area is 151 Å². The first kappa shape index (κ1) is 21.2. The summed E-state index contributed by atoms with van der Waals surface area (Å²) in [6.07, 6.45) is 3.18. The second-order valence-corrected chi connectivity index (χ2v) is 6.35. The highest BCUT2D eigenvalue weighted by Gasteiger charge is 2.28. The Hall–Kier alpha value is -1.88. The van der Waals surface area contributed by atoms with Crippen molar-refractivity contribution in [1.82, 2.24) is 5.32 Å². The number of esters is 1. The molecule has 1 rings (SSSR count). The molecule has 0 saturated carbocycles. The molecule has 3 atom stereocenters. The monoisotopic (exact) mass is 349 g/mol. The summed E-state index contributed by atoms with van der Waals surface area (Å²) in [6, 6.07) is 9.30. The van der Waals surface area contributed by atoms with Gasteiger partial charge in [-0.25, -0.2) is 4.79 Å². The van der Waals surface area contributed by atoms with Crippen LogP contribution in [0.25, 0.3) is 0 Å². The summed E-state index contributed by atoms with van der Waals surface area (Å²) < 4.78 is 11.1. The van der Waals surface area contributed by atoms with Crippen LogP contribution in [0.4, 0.5) is 0 Å². The number of carbonyl (C=O) groups excluding carboxylic acids is 2. The van der Waals surface area contributed by atoms with Crippen molar-refractivity contribution in [3.63, 3.8) is 0 Å². The number of ether oxygens (including phenoxy) is 2. The summed E-state index contributed by atoms with van der Waals surface area (Å²) in [7, 11) is 3.11. The Bertz CT molecular complexity index is 518. The normalized spacial score (nSPS) is 14.4. The maximum Gasteiger partial charge on any atom is 0.340 e. The number of amides is 1. The number of benzene rings is 1. The van der Waals surface area contributed by atoms with E-state index in [1.807, 2.05) is 37.3 Å². The number of hydrogen-bond donors (Lipinski definition) is 1. The van der Waals surface area contributed by atoms with Crippen LogP contribution < -0.4 is 5.32 Å². The van der Waals surface area contributed by atoms with Crippen LogP contribution in [0, 0.1) is 5.92 Å². The molecule has 1 amide bonds. The van der Waals surface area contributed by atoms with Gasteiger partial charge in [0.2, 0.25) is 5.91 Å². The van der Waals surface area contributed by atoms with E-state index in [0.29, 0.717) is 6.42 Å². The van der Waals surface area contributed by atoms with Crippen molar-refractivity contribution in [3.8, 4) is 0 Å². The smallest absolute Gasteiger partial charge is 0.340 e. The van der Waals surface area contributed by atoms with Crippen LogP contribution in [0.5, 0.6) is 0 Å². The average Bonchev–Trinajstić information content (AvgIpc) is 2.62. The third kappa shape index (κ3) is 7.26.